The van der Waals surface area contributed by atoms with Crippen LogP contribution in [0, 0.1) is 6.92 Å². The van der Waals surface area contributed by atoms with E-state index in [0.29, 0.717) is 0 Å². The molecular formula is C17H17N. The van der Waals surface area contributed by atoms with Crippen LogP contribution in [0.5, 0.6) is 0 Å². The van der Waals surface area contributed by atoms with E-state index in [4.69, 9.17) is 5.73 Å². The molecule has 2 aromatic carbocycles. The Morgan fingerprint density at radius 2 is 1.78 bits per heavy atom. The lowest BCUT2D eigenvalue weighted by Gasteiger charge is -2.03. The molecule has 1 aliphatic carbocycles. The Hall–Kier alpha value is -2.02. The normalized spacial score (nSPS) is 15.9. The summed E-state index contributed by atoms with van der Waals surface area (Å²) < 4.78 is 0. The van der Waals surface area contributed by atoms with Crippen molar-refractivity contribution in [2.45, 2.75) is 19.8 Å². The van der Waals surface area contributed by atoms with Gasteiger partial charge in [0.25, 0.3) is 0 Å². The van der Waals surface area contributed by atoms with Crippen LogP contribution in [0.4, 0.5) is 5.69 Å². The summed E-state index contributed by atoms with van der Waals surface area (Å²) in [5, 5.41) is 0. The molecule has 0 saturated carbocycles. The monoisotopic (exact) mass is 235 g/mol. The van der Waals surface area contributed by atoms with Crippen LogP contribution in [-0.4, -0.2) is 0 Å². The number of aryl methyl sites for hydroxylation is 2. The average Bonchev–Trinajstić information content (AvgIpc) is 2.74. The standard InChI is InChI=1S/C17H17N/c1-12-2-4-13(5-3-12)10-14-6-7-15-11-16(18)8-9-17(14)15/h2-5,8-11H,6-7,18H2,1H3. The highest BCUT2D eigenvalue weighted by molar-refractivity contribution is 5.85. The molecule has 18 heavy (non-hydrogen) atoms. The van der Waals surface area contributed by atoms with Crippen LogP contribution in [0.25, 0.3) is 11.6 Å². The molecule has 0 spiro atoms. The van der Waals surface area contributed by atoms with Crippen molar-refractivity contribution >= 4 is 17.3 Å². The summed E-state index contributed by atoms with van der Waals surface area (Å²) in [7, 11) is 0. The molecule has 1 nitrogen and oxygen atoms in total. The van der Waals surface area contributed by atoms with E-state index < -0.39 is 0 Å². The molecule has 90 valence electrons. The van der Waals surface area contributed by atoms with Crippen molar-refractivity contribution < 1.29 is 0 Å². The lowest BCUT2D eigenvalue weighted by atomic mass is 10.0. The molecule has 2 N–H and O–H groups in total. The minimum Gasteiger partial charge on any atom is -0.399 e. The number of nitrogens with two attached hydrogens (primary N) is 1. The molecule has 2 aromatic rings. The van der Waals surface area contributed by atoms with Crippen molar-refractivity contribution in [3.63, 3.8) is 0 Å². The fourth-order valence-electron chi connectivity index (χ4n) is 2.55. The number of fused-ring (bicyclic) bond motifs is 1. The van der Waals surface area contributed by atoms with E-state index in [2.05, 4.69) is 49.4 Å². The van der Waals surface area contributed by atoms with Gasteiger partial charge < -0.3 is 5.73 Å². The van der Waals surface area contributed by atoms with E-state index >= 15 is 0 Å². The number of rotatable bonds is 1. The van der Waals surface area contributed by atoms with E-state index in [0.717, 1.165) is 18.5 Å². The average molecular weight is 235 g/mol. The molecule has 0 atom stereocenters. The maximum atomic E-state index is 5.83. The molecule has 0 aliphatic heterocycles. The third kappa shape index (κ3) is 2.04. The lowest BCUT2D eigenvalue weighted by Crippen LogP contribution is -1.87. The Labute approximate surface area is 108 Å². The third-order valence-electron chi connectivity index (χ3n) is 3.56. The first-order valence-electron chi connectivity index (χ1n) is 6.38. The van der Waals surface area contributed by atoms with Crippen molar-refractivity contribution in [1.29, 1.82) is 0 Å². The van der Waals surface area contributed by atoms with Gasteiger partial charge in [0.1, 0.15) is 0 Å². The Balaban J connectivity index is 1.98. The maximum Gasteiger partial charge on any atom is 0.0317 e. The van der Waals surface area contributed by atoms with E-state index in [1.807, 2.05) is 6.07 Å². The van der Waals surface area contributed by atoms with Crippen molar-refractivity contribution in [3.8, 4) is 0 Å². The predicted molar refractivity (Wildman–Crippen MR) is 78.2 cm³/mol. The highest BCUT2D eigenvalue weighted by Crippen LogP contribution is 2.34. The van der Waals surface area contributed by atoms with Gasteiger partial charge in [-0.1, -0.05) is 42.0 Å². The first kappa shape index (κ1) is 11.1. The highest BCUT2D eigenvalue weighted by atomic mass is 14.5. The van der Waals surface area contributed by atoms with Crippen LogP contribution in [0.1, 0.15) is 28.7 Å². The van der Waals surface area contributed by atoms with E-state index in [9.17, 15) is 0 Å². The summed E-state index contributed by atoms with van der Waals surface area (Å²) in [6.07, 6.45) is 4.52. The summed E-state index contributed by atoms with van der Waals surface area (Å²) in [4.78, 5) is 0. The second-order valence-corrected chi connectivity index (χ2v) is 5.00. The summed E-state index contributed by atoms with van der Waals surface area (Å²) in [6.45, 7) is 2.12. The Morgan fingerprint density at radius 1 is 1.00 bits per heavy atom. The van der Waals surface area contributed by atoms with E-state index in [1.165, 1.54) is 27.8 Å². The summed E-state index contributed by atoms with van der Waals surface area (Å²) in [5.41, 5.74) is 13.4. The minimum atomic E-state index is 0.866. The van der Waals surface area contributed by atoms with Gasteiger partial charge >= 0.3 is 0 Å². The Kier molecular flexibility index (Phi) is 2.67. The molecule has 0 aromatic heterocycles. The molecule has 0 unspecified atom stereocenters. The SMILES string of the molecule is Cc1ccc(C=C2CCc3cc(N)ccc32)cc1. The van der Waals surface area contributed by atoms with Crippen LogP contribution in [0.15, 0.2) is 42.5 Å². The van der Waals surface area contributed by atoms with Gasteiger partial charge in [0.15, 0.2) is 0 Å². The van der Waals surface area contributed by atoms with Gasteiger partial charge in [0, 0.05) is 5.69 Å². The largest absolute Gasteiger partial charge is 0.399 e. The molecule has 0 bridgehead atoms. The summed E-state index contributed by atoms with van der Waals surface area (Å²) >= 11 is 0. The maximum absolute atomic E-state index is 5.83. The van der Waals surface area contributed by atoms with Gasteiger partial charge in [-0.15, -0.1) is 0 Å². The van der Waals surface area contributed by atoms with Crippen molar-refractivity contribution in [2.24, 2.45) is 0 Å². The second kappa shape index (κ2) is 4.34. The van der Waals surface area contributed by atoms with Crippen molar-refractivity contribution in [1.82, 2.24) is 0 Å². The van der Waals surface area contributed by atoms with Crippen LogP contribution < -0.4 is 5.73 Å². The molecule has 1 heteroatoms. The quantitative estimate of drug-likeness (QED) is 0.741. The number of hydrogen-bond donors (Lipinski definition) is 1. The first-order chi connectivity index (χ1) is 8.72. The molecule has 3 rings (SSSR count). The van der Waals surface area contributed by atoms with Gasteiger partial charge in [0.05, 0.1) is 0 Å². The summed E-state index contributed by atoms with van der Waals surface area (Å²) in [6, 6.07) is 14.9. The number of benzene rings is 2. The topological polar surface area (TPSA) is 26.0 Å². The zero-order chi connectivity index (χ0) is 12.5. The number of allylic oxidation sites excluding steroid dienone is 1. The van der Waals surface area contributed by atoms with Gasteiger partial charge in [-0.3, -0.25) is 0 Å². The molecule has 0 fully saturated rings. The van der Waals surface area contributed by atoms with Gasteiger partial charge in [0.2, 0.25) is 0 Å². The highest BCUT2D eigenvalue weighted by Gasteiger charge is 2.15. The van der Waals surface area contributed by atoms with E-state index in [-0.39, 0.29) is 0 Å². The first-order valence-corrected chi connectivity index (χ1v) is 6.38. The van der Waals surface area contributed by atoms with Gasteiger partial charge in [-0.2, -0.15) is 0 Å². The Bertz CT molecular complexity index is 606. The molecule has 0 amide bonds. The second-order valence-electron chi connectivity index (χ2n) is 5.00. The van der Waals surface area contributed by atoms with Gasteiger partial charge in [-0.05, 0) is 54.2 Å². The minimum absolute atomic E-state index is 0.866. The zero-order valence-corrected chi connectivity index (χ0v) is 10.6. The van der Waals surface area contributed by atoms with Crippen molar-refractivity contribution in [2.75, 3.05) is 5.73 Å². The third-order valence-corrected chi connectivity index (χ3v) is 3.56. The molecule has 0 saturated heterocycles. The fraction of sp³-hybridized carbons (Fsp3) is 0.176. The van der Waals surface area contributed by atoms with Crippen LogP contribution in [-0.2, 0) is 6.42 Å². The van der Waals surface area contributed by atoms with Crippen LogP contribution in [0.2, 0.25) is 0 Å². The molecule has 0 heterocycles. The van der Waals surface area contributed by atoms with E-state index in [1.54, 1.807) is 0 Å². The Morgan fingerprint density at radius 3 is 2.56 bits per heavy atom. The summed E-state index contributed by atoms with van der Waals surface area (Å²) in [5.74, 6) is 0. The number of hydrogen-bond acceptors (Lipinski definition) is 1. The molecule has 1 aliphatic rings. The molecular weight excluding hydrogens is 218 g/mol. The number of nitrogen functional groups attached to an aromatic ring is 1. The van der Waals surface area contributed by atoms with Crippen molar-refractivity contribution in [3.05, 3.63) is 64.7 Å². The predicted octanol–water partition coefficient (Wildman–Crippen LogP) is 4.06. The smallest absolute Gasteiger partial charge is 0.0317 e. The van der Waals surface area contributed by atoms with Gasteiger partial charge in [-0.25, -0.2) is 0 Å². The number of anilines is 1. The van der Waals surface area contributed by atoms with Crippen LogP contribution in [0.3, 0.4) is 0 Å². The zero-order valence-electron chi connectivity index (χ0n) is 10.6. The fourth-order valence-corrected chi connectivity index (χ4v) is 2.55. The van der Waals surface area contributed by atoms with Crippen LogP contribution >= 0.6 is 0 Å². The lowest BCUT2D eigenvalue weighted by molar-refractivity contribution is 1.08. The molecule has 0 radical (unpaired) electrons.